The Morgan fingerprint density at radius 2 is 2.17 bits per heavy atom. The highest BCUT2D eigenvalue weighted by Gasteiger charge is 2.45. The maximum absolute atomic E-state index is 12.0. The summed E-state index contributed by atoms with van der Waals surface area (Å²) in [6.07, 6.45) is 6.19. The number of likely N-dealkylation sites (N-methyl/N-ethyl adjacent to an activating group) is 1. The van der Waals surface area contributed by atoms with E-state index in [4.69, 9.17) is 9.47 Å². The Kier molecular flexibility index (Phi) is 6.65. The lowest BCUT2D eigenvalue weighted by Crippen LogP contribution is -2.49. The first-order valence-corrected chi connectivity index (χ1v) is 7.16. The Balaban J connectivity index is 2.38. The number of esters is 1. The van der Waals surface area contributed by atoms with Crippen LogP contribution in [0.25, 0.3) is 0 Å². The predicted molar refractivity (Wildman–Crippen MR) is 71.5 cm³/mol. The minimum atomic E-state index is -0.522. The Bertz CT molecular complexity index is 257. The van der Waals surface area contributed by atoms with Crippen LogP contribution in [0.1, 0.15) is 52.4 Å². The molecule has 1 saturated carbocycles. The van der Waals surface area contributed by atoms with Crippen LogP contribution in [-0.4, -0.2) is 37.9 Å². The molecule has 0 heterocycles. The first-order chi connectivity index (χ1) is 8.68. The van der Waals surface area contributed by atoms with E-state index in [9.17, 15) is 4.79 Å². The van der Waals surface area contributed by atoms with E-state index in [1.165, 1.54) is 12.8 Å². The number of nitrogens with one attached hydrogen (secondary N) is 1. The van der Waals surface area contributed by atoms with Crippen molar-refractivity contribution in [2.24, 2.45) is 0 Å². The quantitative estimate of drug-likeness (QED) is 0.535. The van der Waals surface area contributed by atoms with Crippen molar-refractivity contribution in [1.29, 1.82) is 0 Å². The summed E-state index contributed by atoms with van der Waals surface area (Å²) in [5, 5.41) is 3.14. The standard InChI is InChI=1S/C14H27NO3/c1-4-6-7-10-18-12-8-9-14(11-12,15-3)13(16)17-5-2/h12,15H,4-11H2,1-3H3. The second-order valence-electron chi connectivity index (χ2n) is 5.00. The maximum Gasteiger partial charge on any atom is 0.326 e. The lowest BCUT2D eigenvalue weighted by Gasteiger charge is -2.26. The molecule has 1 aliphatic carbocycles. The lowest BCUT2D eigenvalue weighted by atomic mass is 9.98. The predicted octanol–water partition coefficient (Wildman–Crippen LogP) is 2.27. The van der Waals surface area contributed by atoms with E-state index >= 15 is 0 Å². The van der Waals surface area contributed by atoms with Crippen molar-refractivity contribution in [2.45, 2.75) is 64.0 Å². The normalized spacial score (nSPS) is 27.4. The largest absolute Gasteiger partial charge is 0.465 e. The van der Waals surface area contributed by atoms with Crippen LogP contribution in [0.5, 0.6) is 0 Å². The molecule has 0 aromatic carbocycles. The fourth-order valence-electron chi connectivity index (χ4n) is 2.53. The molecule has 1 rings (SSSR count). The zero-order valence-corrected chi connectivity index (χ0v) is 12.0. The van der Waals surface area contributed by atoms with E-state index in [0.717, 1.165) is 32.3 Å². The van der Waals surface area contributed by atoms with Crippen LogP contribution in [0.3, 0.4) is 0 Å². The molecule has 1 fully saturated rings. The molecule has 1 N–H and O–H groups in total. The third-order valence-corrected chi connectivity index (χ3v) is 3.72. The SMILES string of the molecule is CCCCCOC1CCC(NC)(C(=O)OCC)C1. The number of hydrogen-bond acceptors (Lipinski definition) is 4. The van der Waals surface area contributed by atoms with E-state index in [2.05, 4.69) is 12.2 Å². The van der Waals surface area contributed by atoms with E-state index in [-0.39, 0.29) is 12.1 Å². The van der Waals surface area contributed by atoms with Gasteiger partial charge >= 0.3 is 5.97 Å². The van der Waals surface area contributed by atoms with Gasteiger partial charge in [0.2, 0.25) is 0 Å². The minimum Gasteiger partial charge on any atom is -0.465 e. The number of rotatable bonds is 8. The molecule has 106 valence electrons. The van der Waals surface area contributed by atoms with Gasteiger partial charge in [0.1, 0.15) is 5.54 Å². The van der Waals surface area contributed by atoms with Gasteiger partial charge in [0.15, 0.2) is 0 Å². The molecular weight excluding hydrogens is 230 g/mol. The molecule has 18 heavy (non-hydrogen) atoms. The molecule has 2 atom stereocenters. The van der Waals surface area contributed by atoms with E-state index in [1.54, 1.807) is 0 Å². The first-order valence-electron chi connectivity index (χ1n) is 7.16. The summed E-state index contributed by atoms with van der Waals surface area (Å²) in [6.45, 7) is 5.27. The molecule has 4 heteroatoms. The Labute approximate surface area is 110 Å². The molecule has 0 amide bonds. The van der Waals surface area contributed by atoms with Crippen molar-refractivity contribution in [1.82, 2.24) is 5.32 Å². The summed E-state index contributed by atoms with van der Waals surface area (Å²) < 4.78 is 11.0. The Morgan fingerprint density at radius 1 is 1.39 bits per heavy atom. The van der Waals surface area contributed by atoms with Crippen molar-refractivity contribution in [2.75, 3.05) is 20.3 Å². The molecule has 0 radical (unpaired) electrons. The van der Waals surface area contributed by atoms with Crippen LogP contribution in [0, 0.1) is 0 Å². The first kappa shape index (κ1) is 15.4. The molecular formula is C14H27NO3. The van der Waals surface area contributed by atoms with Gasteiger partial charge in [-0.2, -0.15) is 0 Å². The molecule has 0 spiro atoms. The van der Waals surface area contributed by atoms with Crippen LogP contribution < -0.4 is 5.32 Å². The number of unbranched alkanes of at least 4 members (excludes halogenated alkanes) is 2. The van der Waals surface area contributed by atoms with Crippen LogP contribution in [0.15, 0.2) is 0 Å². The van der Waals surface area contributed by atoms with Gasteiger partial charge in [-0.05, 0) is 33.2 Å². The summed E-state index contributed by atoms with van der Waals surface area (Å²) in [7, 11) is 1.83. The average Bonchev–Trinajstić information content (AvgIpc) is 2.80. The highest BCUT2D eigenvalue weighted by Crippen LogP contribution is 2.33. The third kappa shape index (κ3) is 3.95. The topological polar surface area (TPSA) is 47.6 Å². The van der Waals surface area contributed by atoms with Gasteiger partial charge in [-0.25, -0.2) is 0 Å². The summed E-state index contributed by atoms with van der Waals surface area (Å²) in [6, 6.07) is 0. The lowest BCUT2D eigenvalue weighted by molar-refractivity contribution is -0.151. The molecule has 0 saturated heterocycles. The average molecular weight is 257 g/mol. The summed E-state index contributed by atoms with van der Waals surface area (Å²) in [4.78, 5) is 12.0. The molecule has 0 aromatic heterocycles. The van der Waals surface area contributed by atoms with E-state index < -0.39 is 5.54 Å². The zero-order chi connectivity index (χ0) is 13.4. The van der Waals surface area contributed by atoms with Gasteiger partial charge in [-0.3, -0.25) is 4.79 Å². The van der Waals surface area contributed by atoms with Gasteiger partial charge in [-0.1, -0.05) is 19.8 Å². The number of carbonyl (C=O) groups excluding carboxylic acids is 1. The van der Waals surface area contributed by atoms with Gasteiger partial charge in [-0.15, -0.1) is 0 Å². The summed E-state index contributed by atoms with van der Waals surface area (Å²) in [5.41, 5.74) is -0.522. The molecule has 2 unspecified atom stereocenters. The third-order valence-electron chi connectivity index (χ3n) is 3.72. The smallest absolute Gasteiger partial charge is 0.326 e. The monoisotopic (exact) mass is 257 g/mol. The van der Waals surface area contributed by atoms with E-state index in [1.807, 2.05) is 14.0 Å². The second kappa shape index (κ2) is 7.74. The van der Waals surface area contributed by atoms with E-state index in [0.29, 0.717) is 6.61 Å². The minimum absolute atomic E-state index is 0.132. The highest BCUT2D eigenvalue weighted by molar-refractivity contribution is 5.81. The fourth-order valence-corrected chi connectivity index (χ4v) is 2.53. The maximum atomic E-state index is 12.0. The van der Waals surface area contributed by atoms with Crippen molar-refractivity contribution in [3.63, 3.8) is 0 Å². The zero-order valence-electron chi connectivity index (χ0n) is 12.0. The van der Waals surface area contributed by atoms with Crippen molar-refractivity contribution >= 4 is 5.97 Å². The van der Waals surface area contributed by atoms with Crippen LogP contribution >= 0.6 is 0 Å². The van der Waals surface area contributed by atoms with Crippen molar-refractivity contribution < 1.29 is 14.3 Å². The van der Waals surface area contributed by atoms with Gasteiger partial charge in [0.05, 0.1) is 12.7 Å². The summed E-state index contributed by atoms with van der Waals surface area (Å²) in [5.74, 6) is -0.132. The Hall–Kier alpha value is -0.610. The van der Waals surface area contributed by atoms with Crippen molar-refractivity contribution in [3.05, 3.63) is 0 Å². The summed E-state index contributed by atoms with van der Waals surface area (Å²) >= 11 is 0. The van der Waals surface area contributed by atoms with Gasteiger partial charge in [0.25, 0.3) is 0 Å². The van der Waals surface area contributed by atoms with Gasteiger partial charge < -0.3 is 14.8 Å². The van der Waals surface area contributed by atoms with Crippen LogP contribution in [0.4, 0.5) is 0 Å². The molecule has 0 aromatic rings. The van der Waals surface area contributed by atoms with Crippen molar-refractivity contribution in [3.8, 4) is 0 Å². The fraction of sp³-hybridized carbons (Fsp3) is 0.929. The van der Waals surface area contributed by atoms with Crippen LogP contribution in [-0.2, 0) is 14.3 Å². The molecule has 1 aliphatic rings. The molecule has 4 nitrogen and oxygen atoms in total. The van der Waals surface area contributed by atoms with Gasteiger partial charge in [0, 0.05) is 13.0 Å². The van der Waals surface area contributed by atoms with Crippen LogP contribution in [0.2, 0.25) is 0 Å². The number of ether oxygens (including phenoxy) is 2. The number of carbonyl (C=O) groups is 1. The molecule has 0 aliphatic heterocycles. The Morgan fingerprint density at radius 3 is 2.78 bits per heavy atom. The highest BCUT2D eigenvalue weighted by atomic mass is 16.5. The second-order valence-corrected chi connectivity index (χ2v) is 5.00. The molecule has 0 bridgehead atoms. The number of hydrogen-bond donors (Lipinski definition) is 1.